The molecule has 9 nitrogen and oxygen atoms in total. The van der Waals surface area contributed by atoms with Crippen molar-refractivity contribution in [2.75, 3.05) is 12.9 Å². The van der Waals surface area contributed by atoms with Crippen LogP contribution in [-0.4, -0.2) is 47.2 Å². The lowest BCUT2D eigenvalue weighted by molar-refractivity contribution is 0.0519. The summed E-state index contributed by atoms with van der Waals surface area (Å²) < 4.78 is 36.5. The molecule has 0 bridgehead atoms. The van der Waals surface area contributed by atoms with Crippen molar-refractivity contribution in [2.45, 2.75) is 31.6 Å². The monoisotopic (exact) mass is 480 g/mol. The second kappa shape index (κ2) is 9.22. The molecule has 0 fully saturated rings. The summed E-state index contributed by atoms with van der Waals surface area (Å²) in [6, 6.07) is 15.5. The van der Waals surface area contributed by atoms with E-state index in [1.54, 1.807) is 29.8 Å². The van der Waals surface area contributed by atoms with E-state index in [9.17, 15) is 13.2 Å². The highest BCUT2D eigenvalue weighted by atomic mass is 32.2. The summed E-state index contributed by atoms with van der Waals surface area (Å²) in [5, 5.41) is 12.7. The third-order valence-electron chi connectivity index (χ3n) is 5.13. The molecule has 0 aliphatic carbocycles. The maximum Gasteiger partial charge on any atom is 0.358 e. The maximum absolute atomic E-state index is 12.4. The molecule has 0 unspecified atom stereocenters. The van der Waals surface area contributed by atoms with E-state index in [-0.39, 0.29) is 34.9 Å². The molecule has 0 N–H and O–H groups in total. The lowest BCUT2D eigenvalue weighted by atomic mass is 10.0. The Balaban J connectivity index is 1.84. The zero-order valence-corrected chi connectivity index (χ0v) is 20.0. The van der Waals surface area contributed by atoms with Crippen molar-refractivity contribution in [2.24, 2.45) is 0 Å². The second-order valence-electron chi connectivity index (χ2n) is 7.97. The van der Waals surface area contributed by atoms with Crippen LogP contribution in [0.4, 0.5) is 0 Å². The summed E-state index contributed by atoms with van der Waals surface area (Å²) in [4.78, 5) is 12.6. The van der Waals surface area contributed by atoms with Crippen molar-refractivity contribution < 1.29 is 22.4 Å². The smallest absolute Gasteiger partial charge is 0.358 e. The number of ether oxygens (including phenoxy) is 1. The number of para-hydroxylation sites is 1. The molecule has 176 valence electrons. The number of aromatic nitrogens is 4. The van der Waals surface area contributed by atoms with Crippen LogP contribution in [0.3, 0.4) is 0 Å². The van der Waals surface area contributed by atoms with Gasteiger partial charge in [-0.3, -0.25) is 0 Å². The number of hydrogen-bond donors (Lipinski definition) is 0. The SMILES string of the molecule is CCOC(=O)c1cc(-c2nnc(-c3cccc(S(C)(=O)=O)c3)o2)n(-c2ccccc2C(C)C)n1. The molecule has 34 heavy (non-hydrogen) atoms. The second-order valence-corrected chi connectivity index (χ2v) is 9.99. The molecule has 10 heteroatoms. The summed E-state index contributed by atoms with van der Waals surface area (Å²) in [6.45, 7) is 6.06. The van der Waals surface area contributed by atoms with E-state index in [2.05, 4.69) is 29.1 Å². The first kappa shape index (κ1) is 23.4. The van der Waals surface area contributed by atoms with Gasteiger partial charge < -0.3 is 9.15 Å². The van der Waals surface area contributed by atoms with Crippen LogP contribution in [0.5, 0.6) is 0 Å². The first-order valence-corrected chi connectivity index (χ1v) is 12.6. The van der Waals surface area contributed by atoms with Gasteiger partial charge in [-0.2, -0.15) is 5.10 Å². The van der Waals surface area contributed by atoms with E-state index in [1.165, 1.54) is 12.1 Å². The minimum atomic E-state index is -3.40. The van der Waals surface area contributed by atoms with Crippen molar-refractivity contribution in [3.8, 4) is 28.7 Å². The Morgan fingerprint density at radius 3 is 2.50 bits per heavy atom. The summed E-state index contributed by atoms with van der Waals surface area (Å²) in [7, 11) is -3.40. The van der Waals surface area contributed by atoms with Crippen molar-refractivity contribution in [1.82, 2.24) is 20.0 Å². The van der Waals surface area contributed by atoms with Crippen LogP contribution in [-0.2, 0) is 14.6 Å². The van der Waals surface area contributed by atoms with E-state index in [4.69, 9.17) is 9.15 Å². The highest BCUT2D eigenvalue weighted by Gasteiger charge is 2.23. The molecule has 2 aromatic heterocycles. The Morgan fingerprint density at radius 2 is 1.79 bits per heavy atom. The first-order chi connectivity index (χ1) is 16.2. The molecule has 2 heterocycles. The first-order valence-electron chi connectivity index (χ1n) is 10.7. The van der Waals surface area contributed by atoms with Crippen molar-refractivity contribution in [3.05, 3.63) is 65.9 Å². The number of hydrogen-bond acceptors (Lipinski definition) is 8. The summed E-state index contributed by atoms with van der Waals surface area (Å²) in [5.74, 6) is -0.106. The van der Waals surface area contributed by atoms with Gasteiger partial charge in [0.2, 0.25) is 5.89 Å². The number of nitrogens with zero attached hydrogens (tertiary/aromatic N) is 4. The summed E-state index contributed by atoms with van der Waals surface area (Å²) >= 11 is 0. The van der Waals surface area contributed by atoms with Gasteiger partial charge in [0.1, 0.15) is 5.69 Å². The number of carbonyl (C=O) groups excluding carboxylic acids is 1. The van der Waals surface area contributed by atoms with E-state index in [0.29, 0.717) is 11.3 Å². The van der Waals surface area contributed by atoms with E-state index in [1.807, 2.05) is 24.3 Å². The molecule has 0 spiro atoms. The van der Waals surface area contributed by atoms with E-state index >= 15 is 0 Å². The molecule has 2 aromatic carbocycles. The molecule has 0 radical (unpaired) electrons. The molecule has 0 amide bonds. The quantitative estimate of drug-likeness (QED) is 0.360. The van der Waals surface area contributed by atoms with Crippen LogP contribution in [0.2, 0.25) is 0 Å². The fourth-order valence-electron chi connectivity index (χ4n) is 3.49. The molecule has 0 saturated carbocycles. The van der Waals surface area contributed by atoms with E-state index in [0.717, 1.165) is 17.5 Å². The Labute approximate surface area is 197 Å². The summed E-state index contributed by atoms with van der Waals surface area (Å²) in [5.41, 5.74) is 2.76. The van der Waals surface area contributed by atoms with Gasteiger partial charge in [-0.25, -0.2) is 17.9 Å². The fourth-order valence-corrected chi connectivity index (χ4v) is 4.16. The van der Waals surface area contributed by atoms with Crippen molar-refractivity contribution >= 4 is 15.8 Å². The normalized spacial score (nSPS) is 11.7. The molecule has 4 aromatic rings. The van der Waals surface area contributed by atoms with Gasteiger partial charge in [-0.05, 0) is 42.7 Å². The minimum absolute atomic E-state index is 0.106. The predicted molar refractivity (Wildman–Crippen MR) is 125 cm³/mol. The minimum Gasteiger partial charge on any atom is -0.461 e. The number of sulfone groups is 1. The van der Waals surface area contributed by atoms with Gasteiger partial charge >= 0.3 is 5.97 Å². The lowest BCUT2D eigenvalue weighted by Crippen LogP contribution is -2.08. The number of benzene rings is 2. The highest BCUT2D eigenvalue weighted by molar-refractivity contribution is 7.90. The zero-order valence-electron chi connectivity index (χ0n) is 19.2. The van der Waals surface area contributed by atoms with Crippen LogP contribution < -0.4 is 0 Å². The average molecular weight is 481 g/mol. The zero-order chi connectivity index (χ0) is 24.5. The van der Waals surface area contributed by atoms with Gasteiger partial charge in [-0.1, -0.05) is 38.1 Å². The molecule has 4 rings (SSSR count). The Bertz CT molecular complexity index is 1450. The number of carbonyl (C=O) groups is 1. The van der Waals surface area contributed by atoms with Crippen LogP contribution >= 0.6 is 0 Å². The molecular weight excluding hydrogens is 456 g/mol. The molecule has 0 aliphatic rings. The standard InChI is InChI=1S/C24H24N4O5S/c1-5-32-24(29)19-14-21(28(27-19)20-12-7-6-11-18(20)15(2)3)23-26-25-22(33-23)16-9-8-10-17(13-16)34(4,30)31/h6-15H,5H2,1-4H3. The molecule has 0 aliphatic heterocycles. The molecule has 0 saturated heterocycles. The van der Waals surface area contributed by atoms with Gasteiger partial charge in [0.05, 0.1) is 17.2 Å². The van der Waals surface area contributed by atoms with E-state index < -0.39 is 15.8 Å². The largest absolute Gasteiger partial charge is 0.461 e. The van der Waals surface area contributed by atoms with Gasteiger partial charge in [0.15, 0.2) is 15.5 Å². The molecular formula is C24H24N4O5S. The average Bonchev–Trinajstić information content (AvgIpc) is 3.46. The highest BCUT2D eigenvalue weighted by Crippen LogP contribution is 2.30. The van der Waals surface area contributed by atoms with Crippen LogP contribution in [0, 0.1) is 0 Å². The fraction of sp³-hybridized carbons (Fsp3) is 0.250. The van der Waals surface area contributed by atoms with Gasteiger partial charge in [0, 0.05) is 17.9 Å². The maximum atomic E-state index is 12.4. The number of rotatable bonds is 7. The summed E-state index contributed by atoms with van der Waals surface area (Å²) in [6.07, 6.45) is 1.13. The third kappa shape index (κ3) is 4.62. The van der Waals surface area contributed by atoms with Crippen LogP contribution in [0.25, 0.3) is 28.7 Å². The van der Waals surface area contributed by atoms with Crippen LogP contribution in [0.1, 0.15) is 42.7 Å². The Kier molecular flexibility index (Phi) is 6.34. The number of esters is 1. The molecule has 0 atom stereocenters. The predicted octanol–water partition coefficient (Wildman–Crippen LogP) is 4.29. The van der Waals surface area contributed by atoms with Crippen LogP contribution in [0.15, 0.2) is 63.9 Å². The third-order valence-corrected chi connectivity index (χ3v) is 6.24. The van der Waals surface area contributed by atoms with Gasteiger partial charge in [0.25, 0.3) is 5.89 Å². The van der Waals surface area contributed by atoms with Gasteiger partial charge in [-0.15, -0.1) is 10.2 Å². The Hall–Kier alpha value is -3.79. The topological polar surface area (TPSA) is 117 Å². The Morgan fingerprint density at radius 1 is 1.06 bits per heavy atom. The lowest BCUT2D eigenvalue weighted by Gasteiger charge is -2.13. The van der Waals surface area contributed by atoms with Crippen molar-refractivity contribution in [1.29, 1.82) is 0 Å². The van der Waals surface area contributed by atoms with Crippen molar-refractivity contribution in [3.63, 3.8) is 0 Å².